The van der Waals surface area contributed by atoms with Crippen LogP contribution in [-0.2, 0) is 46.5 Å². The summed E-state index contributed by atoms with van der Waals surface area (Å²) >= 11 is 0. The average Bonchev–Trinajstić information content (AvgIpc) is 3.18. The smallest absolute Gasteiger partial charge is 0.416 e. The van der Waals surface area contributed by atoms with Crippen LogP contribution >= 0.6 is 0 Å². The summed E-state index contributed by atoms with van der Waals surface area (Å²) in [7, 11) is 0. The minimum atomic E-state index is -4.41. The standard InChI is InChI=1S/C37H40F5N3O2.C4H6O6/c1-5-43(6-2)20-21-44(23-27-10-12-28(13-11-27)29-14-17-31(18-15-29)37(40,41)42)35(47)24-45-26(4)25(3)34(46)22-32(45)19-16-30-8-7-9-33(38)36(30)39;5-1(3(7)8)2(6)4(9)10/h7-15,17-18,22H,5-6,16,19-21,23-24H2,1-4H3;1-2,5-6H,(H,7,8)(H,9,10). The number of pyridine rings is 1. The molecule has 0 saturated carbocycles. The number of aryl methyl sites for hydroxylation is 2. The monoisotopic (exact) mass is 803 g/mol. The van der Waals surface area contributed by atoms with E-state index in [2.05, 4.69) is 18.7 Å². The van der Waals surface area contributed by atoms with E-state index in [1.807, 2.05) is 24.3 Å². The number of aliphatic hydroxyl groups is 2. The Balaban J connectivity index is 0.000000766. The van der Waals surface area contributed by atoms with E-state index in [4.69, 9.17) is 20.4 Å². The first-order valence-corrected chi connectivity index (χ1v) is 18.0. The fourth-order valence-corrected chi connectivity index (χ4v) is 5.84. The topological polar surface area (TPSA) is 161 Å². The Morgan fingerprint density at radius 1 is 0.789 bits per heavy atom. The fourth-order valence-electron chi connectivity index (χ4n) is 5.84. The van der Waals surface area contributed by atoms with Crippen LogP contribution in [-0.4, -0.2) is 91.0 Å². The fraction of sp³-hybridized carbons (Fsp3) is 0.366. The number of carboxylic acids is 2. The summed E-state index contributed by atoms with van der Waals surface area (Å²) < 4.78 is 69.0. The van der Waals surface area contributed by atoms with Crippen LogP contribution in [0.15, 0.2) is 77.6 Å². The molecule has 1 aromatic heterocycles. The molecule has 11 nitrogen and oxygen atoms in total. The Morgan fingerprint density at radius 3 is 1.84 bits per heavy atom. The summed E-state index contributed by atoms with van der Waals surface area (Å²) in [4.78, 5) is 50.2. The third kappa shape index (κ3) is 12.8. The number of benzene rings is 3. The van der Waals surface area contributed by atoms with Gasteiger partial charge in [-0.15, -0.1) is 0 Å². The lowest BCUT2D eigenvalue weighted by Gasteiger charge is -2.28. The highest BCUT2D eigenvalue weighted by atomic mass is 19.4. The van der Waals surface area contributed by atoms with Gasteiger partial charge >= 0.3 is 18.1 Å². The quantitative estimate of drug-likeness (QED) is 0.108. The Hall–Kier alpha value is -5.45. The molecule has 0 radical (unpaired) electrons. The summed E-state index contributed by atoms with van der Waals surface area (Å²) in [6, 6.07) is 17.8. The molecule has 2 unspecified atom stereocenters. The molecule has 1 heterocycles. The number of carbonyl (C=O) groups is 3. The number of aliphatic hydroxyl groups excluding tert-OH is 2. The van der Waals surface area contributed by atoms with Crippen LogP contribution < -0.4 is 5.43 Å². The van der Waals surface area contributed by atoms with Crippen molar-refractivity contribution < 1.29 is 56.8 Å². The summed E-state index contributed by atoms with van der Waals surface area (Å²) in [5, 5.41) is 32.5. The van der Waals surface area contributed by atoms with Crippen LogP contribution in [0.1, 0.15) is 47.5 Å². The molecular formula is C41H46F5N3O8. The first kappa shape index (κ1) is 45.9. The summed E-state index contributed by atoms with van der Waals surface area (Å²) in [5.41, 5.74) is 3.23. The van der Waals surface area contributed by atoms with E-state index in [-0.39, 0.29) is 36.3 Å². The van der Waals surface area contributed by atoms with Crippen LogP contribution in [0.5, 0.6) is 0 Å². The Labute approximate surface area is 326 Å². The Bertz CT molecular complexity index is 2030. The van der Waals surface area contributed by atoms with Crippen LogP contribution in [0.25, 0.3) is 11.1 Å². The molecule has 4 rings (SSSR count). The molecule has 4 aromatic rings. The van der Waals surface area contributed by atoms with E-state index in [9.17, 15) is 41.1 Å². The SMILES string of the molecule is CCN(CC)CCN(Cc1ccc(-c2ccc(C(F)(F)F)cc2)cc1)C(=O)Cn1c(CCc2cccc(F)c2F)cc(=O)c(C)c1C.O=C(O)C(O)C(O)C(=O)O. The number of carboxylic acid groups (broad SMARTS) is 2. The number of carbonyl (C=O) groups excluding carboxylic acids is 1. The minimum Gasteiger partial charge on any atom is -0.479 e. The zero-order valence-electron chi connectivity index (χ0n) is 31.9. The molecule has 308 valence electrons. The number of amides is 1. The molecule has 0 aliphatic carbocycles. The molecule has 57 heavy (non-hydrogen) atoms. The molecule has 16 heteroatoms. The number of likely N-dealkylation sites (N-methyl/N-ethyl adjacent to an activating group) is 1. The Kier molecular flexibility index (Phi) is 16.6. The Morgan fingerprint density at radius 2 is 1.33 bits per heavy atom. The highest BCUT2D eigenvalue weighted by Crippen LogP contribution is 2.31. The highest BCUT2D eigenvalue weighted by molar-refractivity contribution is 5.83. The van der Waals surface area contributed by atoms with Gasteiger partial charge in [0, 0.05) is 42.7 Å². The molecule has 3 aromatic carbocycles. The van der Waals surface area contributed by atoms with Gasteiger partial charge in [0.05, 0.1) is 5.56 Å². The lowest BCUT2D eigenvalue weighted by Crippen LogP contribution is -2.40. The van der Waals surface area contributed by atoms with Crippen molar-refractivity contribution in [2.75, 3.05) is 26.2 Å². The first-order chi connectivity index (χ1) is 26.8. The molecule has 0 fully saturated rings. The van der Waals surface area contributed by atoms with E-state index in [1.54, 1.807) is 23.3 Å². The predicted octanol–water partition coefficient (Wildman–Crippen LogP) is 5.46. The van der Waals surface area contributed by atoms with Gasteiger partial charge in [-0.3, -0.25) is 9.59 Å². The molecular weight excluding hydrogens is 757 g/mol. The molecule has 0 aliphatic heterocycles. The van der Waals surface area contributed by atoms with Crippen molar-refractivity contribution in [3.63, 3.8) is 0 Å². The molecule has 0 aliphatic rings. The van der Waals surface area contributed by atoms with Gasteiger partial charge in [0.25, 0.3) is 0 Å². The van der Waals surface area contributed by atoms with Gasteiger partial charge in [0.2, 0.25) is 5.91 Å². The molecule has 0 bridgehead atoms. The first-order valence-electron chi connectivity index (χ1n) is 18.0. The number of nitrogens with zero attached hydrogens (tertiary/aromatic N) is 3. The van der Waals surface area contributed by atoms with Crippen molar-refractivity contribution in [1.82, 2.24) is 14.4 Å². The number of aliphatic carboxylic acids is 2. The highest BCUT2D eigenvalue weighted by Gasteiger charge is 2.30. The van der Waals surface area contributed by atoms with E-state index < -0.39 is 47.5 Å². The average molecular weight is 804 g/mol. The van der Waals surface area contributed by atoms with Crippen LogP contribution in [0, 0.1) is 25.5 Å². The van der Waals surface area contributed by atoms with Gasteiger partial charge in [-0.1, -0.05) is 62.4 Å². The van der Waals surface area contributed by atoms with E-state index >= 15 is 0 Å². The van der Waals surface area contributed by atoms with Crippen molar-refractivity contribution in [1.29, 1.82) is 0 Å². The predicted molar refractivity (Wildman–Crippen MR) is 201 cm³/mol. The van der Waals surface area contributed by atoms with Gasteiger partial charge in [-0.25, -0.2) is 18.4 Å². The van der Waals surface area contributed by atoms with Gasteiger partial charge in [0.15, 0.2) is 29.3 Å². The van der Waals surface area contributed by atoms with E-state index in [0.717, 1.165) is 42.4 Å². The maximum Gasteiger partial charge on any atom is 0.416 e. The molecule has 2 atom stereocenters. The third-order valence-electron chi connectivity index (χ3n) is 9.55. The van der Waals surface area contributed by atoms with E-state index in [0.29, 0.717) is 42.1 Å². The van der Waals surface area contributed by atoms with Crippen molar-refractivity contribution in [2.45, 2.75) is 72.0 Å². The number of hydrogen-bond donors (Lipinski definition) is 4. The maximum atomic E-state index is 14.4. The molecule has 4 N–H and O–H groups in total. The van der Waals surface area contributed by atoms with Crippen molar-refractivity contribution >= 4 is 17.8 Å². The molecule has 1 amide bonds. The van der Waals surface area contributed by atoms with Crippen molar-refractivity contribution in [3.05, 3.63) is 128 Å². The van der Waals surface area contributed by atoms with E-state index in [1.165, 1.54) is 30.3 Å². The second kappa shape index (κ2) is 20.6. The summed E-state index contributed by atoms with van der Waals surface area (Å²) in [5.74, 6) is -5.57. The lowest BCUT2D eigenvalue weighted by molar-refractivity contribution is -0.165. The normalized spacial score (nSPS) is 12.4. The largest absolute Gasteiger partial charge is 0.479 e. The third-order valence-corrected chi connectivity index (χ3v) is 9.55. The minimum absolute atomic E-state index is 0.0458. The number of aromatic nitrogens is 1. The van der Waals surface area contributed by atoms with Gasteiger partial charge in [-0.05, 0) is 80.2 Å². The second-order valence-electron chi connectivity index (χ2n) is 13.2. The second-order valence-corrected chi connectivity index (χ2v) is 13.2. The lowest BCUT2D eigenvalue weighted by atomic mass is 10.0. The summed E-state index contributed by atoms with van der Waals surface area (Å²) in [6.07, 6.45) is -8.56. The number of halogens is 5. The molecule has 0 spiro atoms. The number of alkyl halides is 3. The van der Waals surface area contributed by atoms with Gasteiger partial charge < -0.3 is 34.8 Å². The maximum absolute atomic E-state index is 14.4. The number of rotatable bonds is 16. The van der Waals surface area contributed by atoms with Crippen LogP contribution in [0.3, 0.4) is 0 Å². The molecule has 0 saturated heterocycles. The summed E-state index contributed by atoms with van der Waals surface area (Å²) in [6.45, 7) is 10.6. The van der Waals surface area contributed by atoms with Gasteiger partial charge in [-0.2, -0.15) is 13.2 Å². The van der Waals surface area contributed by atoms with Crippen LogP contribution in [0.2, 0.25) is 0 Å². The zero-order valence-corrected chi connectivity index (χ0v) is 31.9. The van der Waals surface area contributed by atoms with Gasteiger partial charge in [0.1, 0.15) is 6.54 Å². The number of hydrogen-bond acceptors (Lipinski definition) is 7. The zero-order chi connectivity index (χ0) is 42.6. The van der Waals surface area contributed by atoms with Crippen molar-refractivity contribution in [3.8, 4) is 11.1 Å². The van der Waals surface area contributed by atoms with Crippen LogP contribution in [0.4, 0.5) is 22.0 Å². The van der Waals surface area contributed by atoms with Crippen molar-refractivity contribution in [2.24, 2.45) is 0 Å².